The minimum atomic E-state index is -0.385. The number of piperazine rings is 1. The topological polar surface area (TPSA) is 45.9 Å². The zero-order valence-corrected chi connectivity index (χ0v) is 13.2. The Bertz CT molecular complexity index is 590. The number of nitrogens with zero attached hydrogens (tertiary/aromatic N) is 2. The molecule has 1 aliphatic heterocycles. The fourth-order valence-electron chi connectivity index (χ4n) is 2.79. The third kappa shape index (κ3) is 4.36. The third-order valence-corrected chi connectivity index (χ3v) is 4.07. The molecule has 1 saturated heterocycles. The van der Waals surface area contributed by atoms with Crippen LogP contribution in [-0.2, 0) is 4.74 Å². The van der Waals surface area contributed by atoms with Crippen LogP contribution in [-0.4, -0.2) is 50.2 Å². The van der Waals surface area contributed by atoms with Gasteiger partial charge in [0.2, 0.25) is 5.76 Å². The Morgan fingerprint density at radius 3 is 2.52 bits per heavy atom. The molecule has 0 atom stereocenters. The van der Waals surface area contributed by atoms with Crippen LogP contribution in [0.25, 0.3) is 0 Å². The number of hydrogen-bond donors (Lipinski definition) is 0. The average molecular weight is 314 g/mol. The van der Waals surface area contributed by atoms with Crippen molar-refractivity contribution in [1.29, 1.82) is 0 Å². The highest BCUT2D eigenvalue weighted by Gasteiger charge is 2.17. The first-order valence-electron chi connectivity index (χ1n) is 8.06. The van der Waals surface area contributed by atoms with E-state index in [0.29, 0.717) is 6.61 Å². The lowest BCUT2D eigenvalue weighted by molar-refractivity contribution is 0.0451. The molecular formula is C18H22N2O3. The molecule has 0 bridgehead atoms. The van der Waals surface area contributed by atoms with Gasteiger partial charge in [0.15, 0.2) is 0 Å². The van der Waals surface area contributed by atoms with Gasteiger partial charge < -0.3 is 14.1 Å². The molecule has 0 unspecified atom stereocenters. The van der Waals surface area contributed by atoms with Crippen molar-refractivity contribution in [2.45, 2.75) is 6.42 Å². The minimum absolute atomic E-state index is 0.265. The summed E-state index contributed by atoms with van der Waals surface area (Å²) in [5.74, 6) is -0.120. The monoisotopic (exact) mass is 314 g/mol. The molecule has 1 aliphatic rings. The summed E-state index contributed by atoms with van der Waals surface area (Å²) >= 11 is 0. The van der Waals surface area contributed by atoms with Gasteiger partial charge in [0, 0.05) is 38.4 Å². The molecule has 0 spiro atoms. The first kappa shape index (κ1) is 15.6. The molecule has 0 aliphatic carbocycles. The van der Waals surface area contributed by atoms with Crippen LogP contribution in [0.15, 0.2) is 53.1 Å². The van der Waals surface area contributed by atoms with Gasteiger partial charge >= 0.3 is 5.97 Å². The van der Waals surface area contributed by atoms with E-state index in [1.807, 2.05) is 6.07 Å². The fourth-order valence-corrected chi connectivity index (χ4v) is 2.79. The van der Waals surface area contributed by atoms with Crippen molar-refractivity contribution in [3.8, 4) is 0 Å². The Labute approximate surface area is 136 Å². The van der Waals surface area contributed by atoms with Crippen LogP contribution in [0.4, 0.5) is 5.69 Å². The van der Waals surface area contributed by atoms with Gasteiger partial charge in [-0.3, -0.25) is 4.90 Å². The van der Waals surface area contributed by atoms with E-state index in [0.717, 1.165) is 39.1 Å². The number of esters is 1. The number of benzene rings is 1. The molecular weight excluding hydrogens is 292 g/mol. The SMILES string of the molecule is O=C(OCCCN1CCN(c2ccccc2)CC1)c1ccco1. The van der Waals surface area contributed by atoms with Gasteiger partial charge in [-0.25, -0.2) is 4.79 Å². The van der Waals surface area contributed by atoms with Crippen molar-refractivity contribution in [2.24, 2.45) is 0 Å². The Hall–Kier alpha value is -2.27. The summed E-state index contributed by atoms with van der Waals surface area (Å²) in [4.78, 5) is 16.4. The van der Waals surface area contributed by atoms with E-state index in [9.17, 15) is 4.79 Å². The third-order valence-electron chi connectivity index (χ3n) is 4.07. The molecule has 5 nitrogen and oxygen atoms in total. The second-order valence-electron chi connectivity index (χ2n) is 5.63. The highest BCUT2D eigenvalue weighted by molar-refractivity contribution is 5.86. The number of carbonyl (C=O) groups is 1. The van der Waals surface area contributed by atoms with E-state index in [2.05, 4.69) is 34.1 Å². The second-order valence-corrected chi connectivity index (χ2v) is 5.63. The number of hydrogen-bond acceptors (Lipinski definition) is 5. The summed E-state index contributed by atoms with van der Waals surface area (Å²) in [5, 5.41) is 0. The number of para-hydroxylation sites is 1. The second kappa shape index (κ2) is 7.83. The molecule has 2 heterocycles. The van der Waals surface area contributed by atoms with Crippen molar-refractivity contribution < 1.29 is 13.9 Å². The summed E-state index contributed by atoms with van der Waals surface area (Å²) < 4.78 is 10.2. The zero-order valence-electron chi connectivity index (χ0n) is 13.2. The Morgan fingerprint density at radius 1 is 1.04 bits per heavy atom. The molecule has 23 heavy (non-hydrogen) atoms. The molecule has 0 N–H and O–H groups in total. The van der Waals surface area contributed by atoms with Crippen molar-refractivity contribution in [3.63, 3.8) is 0 Å². The zero-order chi connectivity index (χ0) is 15.9. The molecule has 5 heteroatoms. The maximum absolute atomic E-state index is 11.6. The van der Waals surface area contributed by atoms with Crippen LogP contribution < -0.4 is 4.90 Å². The highest BCUT2D eigenvalue weighted by atomic mass is 16.5. The van der Waals surface area contributed by atoms with Gasteiger partial charge in [0.25, 0.3) is 0 Å². The Kier molecular flexibility index (Phi) is 5.32. The molecule has 2 aromatic rings. The quantitative estimate of drug-likeness (QED) is 0.606. The van der Waals surface area contributed by atoms with Gasteiger partial charge in [-0.15, -0.1) is 0 Å². The molecule has 0 saturated carbocycles. The Balaban J connectivity index is 1.33. The Morgan fingerprint density at radius 2 is 1.83 bits per heavy atom. The van der Waals surface area contributed by atoms with Crippen LogP contribution in [0.1, 0.15) is 17.0 Å². The van der Waals surface area contributed by atoms with E-state index < -0.39 is 0 Å². The molecule has 1 aromatic heterocycles. The molecule has 0 radical (unpaired) electrons. The lowest BCUT2D eigenvalue weighted by atomic mass is 10.2. The average Bonchev–Trinajstić information content (AvgIpc) is 3.15. The van der Waals surface area contributed by atoms with Gasteiger partial charge in [-0.05, 0) is 30.7 Å². The van der Waals surface area contributed by atoms with Crippen LogP contribution in [0.2, 0.25) is 0 Å². The van der Waals surface area contributed by atoms with Crippen LogP contribution >= 0.6 is 0 Å². The van der Waals surface area contributed by atoms with Gasteiger partial charge in [0.05, 0.1) is 12.9 Å². The van der Waals surface area contributed by atoms with Crippen LogP contribution in [0, 0.1) is 0 Å². The summed E-state index contributed by atoms with van der Waals surface area (Å²) in [6.07, 6.45) is 2.32. The lowest BCUT2D eigenvalue weighted by Gasteiger charge is -2.36. The van der Waals surface area contributed by atoms with Gasteiger partial charge in [-0.2, -0.15) is 0 Å². The molecule has 122 valence electrons. The number of anilines is 1. The largest absolute Gasteiger partial charge is 0.460 e. The smallest absolute Gasteiger partial charge is 0.374 e. The summed E-state index contributed by atoms with van der Waals surface area (Å²) in [6.45, 7) is 5.54. The fraction of sp³-hybridized carbons (Fsp3) is 0.389. The van der Waals surface area contributed by atoms with Crippen molar-refractivity contribution >= 4 is 11.7 Å². The maximum Gasteiger partial charge on any atom is 0.374 e. The first-order chi connectivity index (χ1) is 11.3. The summed E-state index contributed by atoms with van der Waals surface area (Å²) in [6, 6.07) is 13.8. The summed E-state index contributed by atoms with van der Waals surface area (Å²) in [5.41, 5.74) is 1.29. The first-order valence-corrected chi connectivity index (χ1v) is 8.06. The van der Waals surface area contributed by atoms with Crippen molar-refractivity contribution in [3.05, 3.63) is 54.5 Å². The molecule has 1 aromatic carbocycles. The highest BCUT2D eigenvalue weighted by Crippen LogP contribution is 2.15. The predicted molar refractivity (Wildman–Crippen MR) is 88.7 cm³/mol. The lowest BCUT2D eigenvalue weighted by Crippen LogP contribution is -2.46. The predicted octanol–water partition coefficient (Wildman–Crippen LogP) is 2.65. The van der Waals surface area contributed by atoms with Crippen molar-refractivity contribution in [1.82, 2.24) is 4.90 Å². The normalized spacial score (nSPS) is 15.6. The van der Waals surface area contributed by atoms with E-state index in [4.69, 9.17) is 9.15 Å². The minimum Gasteiger partial charge on any atom is -0.460 e. The van der Waals surface area contributed by atoms with E-state index in [1.165, 1.54) is 12.0 Å². The number of ether oxygens (including phenoxy) is 1. The van der Waals surface area contributed by atoms with E-state index in [1.54, 1.807) is 12.1 Å². The molecule has 3 rings (SSSR count). The van der Waals surface area contributed by atoms with Gasteiger partial charge in [0.1, 0.15) is 0 Å². The molecule has 0 amide bonds. The molecule has 1 fully saturated rings. The number of rotatable bonds is 6. The van der Waals surface area contributed by atoms with Gasteiger partial charge in [-0.1, -0.05) is 18.2 Å². The number of carbonyl (C=O) groups excluding carboxylic acids is 1. The van der Waals surface area contributed by atoms with E-state index in [-0.39, 0.29) is 11.7 Å². The number of furan rings is 1. The van der Waals surface area contributed by atoms with Crippen LogP contribution in [0.3, 0.4) is 0 Å². The van der Waals surface area contributed by atoms with Crippen molar-refractivity contribution in [2.75, 3.05) is 44.2 Å². The van der Waals surface area contributed by atoms with E-state index >= 15 is 0 Å². The maximum atomic E-state index is 11.6. The van der Waals surface area contributed by atoms with Crippen LogP contribution in [0.5, 0.6) is 0 Å². The standard InChI is InChI=1S/C18H22N2O3/c21-18(17-8-4-14-22-17)23-15-5-9-19-10-12-20(13-11-19)16-6-2-1-3-7-16/h1-4,6-8,14H,5,9-13,15H2. The summed E-state index contributed by atoms with van der Waals surface area (Å²) in [7, 11) is 0.